The van der Waals surface area contributed by atoms with Crippen LogP contribution < -0.4 is 0 Å². The van der Waals surface area contributed by atoms with Crippen LogP contribution >= 0.6 is 0 Å². The summed E-state index contributed by atoms with van der Waals surface area (Å²) in [4.78, 5) is 14.2. The van der Waals surface area contributed by atoms with E-state index in [1.54, 1.807) is 0 Å². The summed E-state index contributed by atoms with van der Waals surface area (Å²) in [5.74, 6) is 0.360. The fourth-order valence-corrected chi connectivity index (χ4v) is 3.26. The van der Waals surface area contributed by atoms with Crippen molar-refractivity contribution in [3.63, 3.8) is 0 Å². The van der Waals surface area contributed by atoms with E-state index in [1.807, 2.05) is 25.7 Å². The summed E-state index contributed by atoms with van der Waals surface area (Å²) >= 11 is 0. The van der Waals surface area contributed by atoms with E-state index in [1.165, 1.54) is 6.42 Å². The summed E-state index contributed by atoms with van der Waals surface area (Å²) < 4.78 is 5.51. The van der Waals surface area contributed by atoms with Gasteiger partial charge in [-0.15, -0.1) is 0 Å². The third-order valence-electron chi connectivity index (χ3n) is 3.93. The molecule has 2 bridgehead atoms. The van der Waals surface area contributed by atoms with Crippen LogP contribution in [0.4, 0.5) is 4.79 Å². The second kappa shape index (κ2) is 5.08. The number of carbonyl (C=O) groups is 1. The molecule has 1 unspecified atom stereocenters. The summed E-state index contributed by atoms with van der Waals surface area (Å²) in [6.45, 7) is 5.96. The van der Waals surface area contributed by atoms with Crippen molar-refractivity contribution < 1.29 is 14.6 Å². The first-order valence-electron chi connectivity index (χ1n) is 7.03. The smallest absolute Gasteiger partial charge is 0.410 e. The van der Waals surface area contributed by atoms with Gasteiger partial charge in [0.05, 0.1) is 0 Å². The Morgan fingerprint density at radius 1 is 1.28 bits per heavy atom. The number of rotatable bonds is 1. The Balaban J connectivity index is 2.06. The Bertz CT molecular complexity index is 297. The first-order chi connectivity index (χ1) is 8.40. The van der Waals surface area contributed by atoms with Crippen LogP contribution in [0.3, 0.4) is 0 Å². The molecule has 3 atom stereocenters. The first kappa shape index (κ1) is 13.7. The monoisotopic (exact) mass is 255 g/mol. The van der Waals surface area contributed by atoms with E-state index in [0.29, 0.717) is 5.92 Å². The zero-order valence-corrected chi connectivity index (χ0v) is 11.7. The molecule has 1 amide bonds. The highest BCUT2D eigenvalue weighted by Crippen LogP contribution is 2.37. The maximum Gasteiger partial charge on any atom is 0.410 e. The number of nitrogens with zero attached hydrogens (tertiary/aromatic N) is 1. The van der Waals surface area contributed by atoms with Crippen LogP contribution in [0, 0.1) is 5.92 Å². The second-order valence-corrected chi connectivity index (χ2v) is 6.65. The van der Waals surface area contributed by atoms with Gasteiger partial charge in [0, 0.05) is 18.7 Å². The minimum atomic E-state index is -0.431. The molecule has 1 N–H and O–H groups in total. The van der Waals surface area contributed by atoms with Crippen LogP contribution in [-0.2, 0) is 4.74 Å². The summed E-state index contributed by atoms with van der Waals surface area (Å²) in [5, 5.41) is 9.32. The van der Waals surface area contributed by atoms with Crippen molar-refractivity contribution >= 4 is 6.09 Å². The molecule has 0 radical (unpaired) electrons. The number of aliphatic hydroxyl groups is 1. The van der Waals surface area contributed by atoms with E-state index < -0.39 is 5.60 Å². The van der Waals surface area contributed by atoms with E-state index in [2.05, 4.69) is 0 Å². The lowest BCUT2D eigenvalue weighted by molar-refractivity contribution is -0.0336. The quantitative estimate of drug-likeness (QED) is 0.783. The molecule has 0 aromatic heterocycles. The molecule has 2 aliphatic heterocycles. The third-order valence-corrected chi connectivity index (χ3v) is 3.93. The molecule has 0 spiro atoms. The lowest BCUT2D eigenvalue weighted by atomic mass is 9.79. The number of hydrogen-bond acceptors (Lipinski definition) is 3. The number of hydrogen-bond donors (Lipinski definition) is 1. The molecule has 2 heterocycles. The Labute approximate surface area is 109 Å². The molecule has 4 nitrogen and oxygen atoms in total. The highest BCUT2D eigenvalue weighted by molar-refractivity contribution is 5.69. The topological polar surface area (TPSA) is 49.8 Å². The lowest BCUT2D eigenvalue weighted by Gasteiger charge is -2.48. The van der Waals surface area contributed by atoms with Gasteiger partial charge in [-0.05, 0) is 58.8 Å². The fourth-order valence-electron chi connectivity index (χ4n) is 3.26. The average Bonchev–Trinajstić information content (AvgIpc) is 2.24. The van der Waals surface area contributed by atoms with Gasteiger partial charge in [0.1, 0.15) is 5.60 Å². The molecule has 0 aliphatic carbocycles. The summed E-state index contributed by atoms with van der Waals surface area (Å²) in [6.07, 6.45) is 4.96. The van der Waals surface area contributed by atoms with Gasteiger partial charge in [-0.25, -0.2) is 4.79 Å². The molecule has 0 aromatic carbocycles. The van der Waals surface area contributed by atoms with E-state index >= 15 is 0 Å². The Morgan fingerprint density at radius 2 is 1.83 bits per heavy atom. The van der Waals surface area contributed by atoms with Crippen LogP contribution in [0.5, 0.6) is 0 Å². The van der Waals surface area contributed by atoms with E-state index in [9.17, 15) is 9.90 Å². The van der Waals surface area contributed by atoms with Gasteiger partial charge >= 0.3 is 6.09 Å². The first-order valence-corrected chi connectivity index (χ1v) is 7.03. The van der Waals surface area contributed by atoms with Crippen molar-refractivity contribution in [3.8, 4) is 0 Å². The normalized spacial score (nSPS) is 32.2. The SMILES string of the molecule is CC(C)(C)OC(=O)N1[C@@H]2CCC[C@H]1CC(CO)C2. The minimum absolute atomic E-state index is 0.173. The van der Waals surface area contributed by atoms with Crippen molar-refractivity contribution in [2.75, 3.05) is 6.61 Å². The molecule has 2 saturated heterocycles. The molecule has 2 rings (SSSR count). The molecule has 0 aromatic rings. The van der Waals surface area contributed by atoms with Gasteiger partial charge in [-0.1, -0.05) is 0 Å². The fraction of sp³-hybridized carbons (Fsp3) is 0.929. The highest BCUT2D eigenvalue weighted by Gasteiger charge is 2.42. The molecular formula is C14H25NO3. The molecule has 4 heteroatoms. The Morgan fingerprint density at radius 3 is 2.28 bits per heavy atom. The van der Waals surface area contributed by atoms with Gasteiger partial charge in [0.15, 0.2) is 0 Å². The number of fused-ring (bicyclic) bond motifs is 2. The number of piperidine rings is 2. The van der Waals surface area contributed by atoms with Crippen LogP contribution in [0.1, 0.15) is 52.9 Å². The predicted octanol–water partition coefficient (Wildman–Crippen LogP) is 2.55. The molecule has 2 fully saturated rings. The number of amides is 1. The van der Waals surface area contributed by atoms with Gasteiger partial charge in [-0.2, -0.15) is 0 Å². The standard InChI is InChI=1S/C14H25NO3/c1-14(2,3)18-13(17)15-11-5-4-6-12(15)8-10(7-11)9-16/h10-12,16H,4-9H2,1-3H3/t10?,11-,12+. The van der Waals surface area contributed by atoms with E-state index in [-0.39, 0.29) is 24.8 Å². The highest BCUT2D eigenvalue weighted by atomic mass is 16.6. The largest absolute Gasteiger partial charge is 0.444 e. The van der Waals surface area contributed by atoms with E-state index in [4.69, 9.17) is 4.74 Å². The van der Waals surface area contributed by atoms with Gasteiger partial charge in [0.2, 0.25) is 0 Å². The average molecular weight is 255 g/mol. The van der Waals surface area contributed by atoms with Crippen molar-refractivity contribution in [2.24, 2.45) is 5.92 Å². The molecule has 104 valence electrons. The van der Waals surface area contributed by atoms with Gasteiger partial charge in [-0.3, -0.25) is 0 Å². The molecule has 0 saturated carbocycles. The lowest BCUT2D eigenvalue weighted by Crippen LogP contribution is -2.56. The van der Waals surface area contributed by atoms with Crippen LogP contribution in [0.25, 0.3) is 0 Å². The molecule has 18 heavy (non-hydrogen) atoms. The molecule has 2 aliphatic rings. The van der Waals surface area contributed by atoms with Crippen molar-refractivity contribution in [1.29, 1.82) is 0 Å². The van der Waals surface area contributed by atoms with Crippen molar-refractivity contribution in [2.45, 2.75) is 70.6 Å². The Kier molecular flexibility index (Phi) is 3.85. The minimum Gasteiger partial charge on any atom is -0.444 e. The second-order valence-electron chi connectivity index (χ2n) is 6.65. The summed E-state index contributed by atoms with van der Waals surface area (Å²) in [6, 6.07) is 0.536. The third kappa shape index (κ3) is 2.97. The number of aliphatic hydroxyl groups excluding tert-OH is 1. The van der Waals surface area contributed by atoms with Crippen LogP contribution in [0.2, 0.25) is 0 Å². The van der Waals surface area contributed by atoms with Gasteiger partial charge in [0.25, 0.3) is 0 Å². The summed E-state index contributed by atoms with van der Waals surface area (Å²) in [7, 11) is 0. The van der Waals surface area contributed by atoms with Crippen molar-refractivity contribution in [3.05, 3.63) is 0 Å². The maximum atomic E-state index is 12.3. The summed E-state index contributed by atoms with van der Waals surface area (Å²) in [5.41, 5.74) is -0.431. The van der Waals surface area contributed by atoms with Crippen LogP contribution in [0.15, 0.2) is 0 Å². The zero-order valence-electron chi connectivity index (χ0n) is 11.7. The van der Waals surface area contributed by atoms with E-state index in [0.717, 1.165) is 25.7 Å². The zero-order chi connectivity index (χ0) is 13.3. The maximum absolute atomic E-state index is 12.3. The Hall–Kier alpha value is -0.770. The van der Waals surface area contributed by atoms with Crippen molar-refractivity contribution in [1.82, 2.24) is 4.90 Å². The predicted molar refractivity (Wildman–Crippen MR) is 69.3 cm³/mol. The van der Waals surface area contributed by atoms with Crippen LogP contribution in [-0.4, -0.2) is 40.4 Å². The van der Waals surface area contributed by atoms with Gasteiger partial charge < -0.3 is 14.7 Å². The number of ether oxygens (including phenoxy) is 1. The number of carbonyl (C=O) groups excluding carboxylic acids is 1. The molecular weight excluding hydrogens is 230 g/mol.